The molecule has 0 aliphatic rings. The SMILES string of the molecule is C=C(C)C(=O)O.CC(O)C(C)O.CC(O)C(C)O.CC(O)C(C)O.CC(O)C(C)O.CC(O)C(C)O.CC(O)C(C)O.CC(O)C(C)O.CC(O)C(C)O.CC(O)C(C)O.CC(O)C(C)O. The van der Waals surface area contributed by atoms with Gasteiger partial charge in [0.2, 0.25) is 0 Å². The van der Waals surface area contributed by atoms with Crippen molar-refractivity contribution in [1.29, 1.82) is 0 Å². The quantitative estimate of drug-likeness (QED) is 0.101. The first-order valence-corrected chi connectivity index (χ1v) is 21.6. The van der Waals surface area contributed by atoms with Crippen molar-refractivity contribution in [1.82, 2.24) is 0 Å². The Morgan fingerprint density at radius 1 is 0.227 bits per heavy atom. The van der Waals surface area contributed by atoms with Gasteiger partial charge in [-0.1, -0.05) is 6.58 Å². The highest BCUT2D eigenvalue weighted by molar-refractivity contribution is 5.84. The van der Waals surface area contributed by atoms with E-state index < -0.39 is 128 Å². The summed E-state index contributed by atoms with van der Waals surface area (Å²) in [7, 11) is 0. The Bertz CT molecular complexity index is 630. The fraction of sp³-hybridized carbons (Fsp3) is 0.932. The molecule has 20 unspecified atom stereocenters. The minimum atomic E-state index is -0.935. The van der Waals surface area contributed by atoms with Crippen LogP contribution < -0.4 is 0 Å². The Hall–Kier alpha value is -1.59. The van der Waals surface area contributed by atoms with Gasteiger partial charge in [0.1, 0.15) is 0 Å². The second kappa shape index (κ2) is 59.5. The Balaban J connectivity index is -0.0000000560. The summed E-state index contributed by atoms with van der Waals surface area (Å²) in [4.78, 5) is 9.60. The normalized spacial score (nSPS) is 18.9. The molecule has 0 rings (SSSR count). The lowest BCUT2D eigenvalue weighted by atomic mass is 10.3. The summed E-state index contributed by atoms with van der Waals surface area (Å²) >= 11 is 0. The molecule has 0 saturated carbocycles. The maximum atomic E-state index is 9.60. The van der Waals surface area contributed by atoms with Crippen molar-refractivity contribution >= 4 is 5.97 Å². The van der Waals surface area contributed by atoms with Crippen molar-refractivity contribution in [2.45, 2.75) is 267 Å². The molecule has 414 valence electrons. The fourth-order valence-electron chi connectivity index (χ4n) is 0. The minimum Gasteiger partial charge on any atom is -0.478 e. The molecule has 0 bridgehead atoms. The molecule has 20 atom stereocenters. The molecule has 0 radical (unpaired) electrons. The van der Waals surface area contributed by atoms with Crippen LogP contribution in [0.25, 0.3) is 0 Å². The summed E-state index contributed by atoms with van der Waals surface area (Å²) in [5.41, 5.74) is 0.176. The Morgan fingerprint density at radius 2 is 0.258 bits per heavy atom. The lowest BCUT2D eigenvalue weighted by Crippen LogP contribution is -2.17. The lowest BCUT2D eigenvalue weighted by molar-refractivity contribution is -0.132. The molecule has 0 aliphatic heterocycles. The van der Waals surface area contributed by atoms with Gasteiger partial charge < -0.3 is 107 Å². The van der Waals surface area contributed by atoms with Gasteiger partial charge in [-0.05, 0) is 145 Å². The van der Waals surface area contributed by atoms with E-state index in [-0.39, 0.29) is 5.57 Å². The van der Waals surface area contributed by atoms with Gasteiger partial charge >= 0.3 is 5.97 Å². The number of carboxylic acids is 1. The summed E-state index contributed by atoms with van der Waals surface area (Å²) in [6, 6.07) is 0. The van der Waals surface area contributed by atoms with Gasteiger partial charge in [-0.2, -0.15) is 0 Å². The van der Waals surface area contributed by atoms with Crippen LogP contribution in [-0.2, 0) is 4.79 Å². The van der Waals surface area contributed by atoms with Gasteiger partial charge in [0.25, 0.3) is 0 Å². The average molecular weight is 987 g/mol. The molecule has 0 saturated heterocycles. The van der Waals surface area contributed by atoms with E-state index in [4.69, 9.17) is 107 Å². The first kappa shape index (κ1) is 90.8. The maximum absolute atomic E-state index is 9.60. The molecule has 0 spiro atoms. The van der Waals surface area contributed by atoms with Crippen molar-refractivity contribution < 1.29 is 112 Å². The average Bonchev–Trinajstić information content (AvgIpc) is 3.13. The summed E-state index contributed by atoms with van der Waals surface area (Å²) in [6.45, 7) is 35.5. The lowest BCUT2D eigenvalue weighted by Gasteiger charge is -2.03. The molecule has 0 aromatic heterocycles. The van der Waals surface area contributed by atoms with E-state index in [2.05, 4.69) is 6.58 Å². The minimum absolute atomic E-state index is 0.176. The summed E-state index contributed by atoms with van der Waals surface area (Å²) in [5, 5.41) is 175. The van der Waals surface area contributed by atoms with E-state index in [0.29, 0.717) is 0 Å². The van der Waals surface area contributed by atoms with Gasteiger partial charge in [0.05, 0.1) is 122 Å². The third kappa shape index (κ3) is 131. The fourth-order valence-corrected chi connectivity index (χ4v) is 0. The Morgan fingerprint density at radius 3 is 0.258 bits per heavy atom. The van der Waals surface area contributed by atoms with Crippen LogP contribution in [0, 0.1) is 0 Å². The van der Waals surface area contributed by atoms with Crippen LogP contribution in [0.4, 0.5) is 0 Å². The van der Waals surface area contributed by atoms with Gasteiger partial charge in [0, 0.05) is 5.57 Å². The van der Waals surface area contributed by atoms with Crippen molar-refractivity contribution in [3.05, 3.63) is 12.2 Å². The highest BCUT2D eigenvalue weighted by atomic mass is 16.4. The molecule has 22 heteroatoms. The van der Waals surface area contributed by atoms with Crippen LogP contribution in [0.15, 0.2) is 12.2 Å². The number of hydrogen-bond donors (Lipinski definition) is 21. The van der Waals surface area contributed by atoms with Gasteiger partial charge in [-0.3, -0.25) is 0 Å². The van der Waals surface area contributed by atoms with Gasteiger partial charge in [-0.15, -0.1) is 0 Å². The molecule has 0 aliphatic carbocycles. The van der Waals surface area contributed by atoms with E-state index in [9.17, 15) is 4.79 Å². The number of carboxylic acid groups (broad SMARTS) is 1. The largest absolute Gasteiger partial charge is 0.478 e. The molecule has 0 aromatic rings. The molecule has 66 heavy (non-hydrogen) atoms. The van der Waals surface area contributed by atoms with Crippen LogP contribution in [0.3, 0.4) is 0 Å². The maximum Gasteiger partial charge on any atom is 0.330 e. The number of aliphatic hydroxyl groups is 20. The zero-order valence-electron chi connectivity index (χ0n) is 44.1. The molecular weight excluding hydrogens is 880 g/mol. The molecule has 0 amide bonds. The van der Waals surface area contributed by atoms with Crippen molar-refractivity contribution in [3.63, 3.8) is 0 Å². The van der Waals surface area contributed by atoms with Crippen molar-refractivity contribution in [2.75, 3.05) is 0 Å². The standard InChI is InChI=1S/10C4H10O2.C4H6O2/c10*1-3(5)4(2)6;1-3(2)4(5)6/h10*3-6H,1-2H3;1H2,2H3,(H,5,6). The third-order valence-electron chi connectivity index (χ3n) is 7.35. The van der Waals surface area contributed by atoms with Crippen LogP contribution in [0.1, 0.15) is 145 Å². The van der Waals surface area contributed by atoms with Gasteiger partial charge in [0.15, 0.2) is 0 Å². The highest BCUT2D eigenvalue weighted by Gasteiger charge is 2.04. The predicted octanol–water partition coefficient (Wildman–Crippen LogP) is -1.87. The first-order valence-electron chi connectivity index (χ1n) is 21.6. The summed E-state index contributed by atoms with van der Waals surface area (Å²) in [5.74, 6) is -0.935. The molecule has 0 fully saturated rings. The second-order valence-corrected chi connectivity index (χ2v) is 15.9. The second-order valence-electron chi connectivity index (χ2n) is 15.9. The van der Waals surface area contributed by atoms with E-state index in [1.165, 1.54) is 6.92 Å². The van der Waals surface area contributed by atoms with E-state index in [0.717, 1.165) is 0 Å². The molecule has 21 N–H and O–H groups in total. The number of rotatable bonds is 11. The highest BCUT2D eigenvalue weighted by Crippen LogP contribution is 1.90. The van der Waals surface area contributed by atoms with Crippen LogP contribution in [0.5, 0.6) is 0 Å². The van der Waals surface area contributed by atoms with Crippen molar-refractivity contribution in [3.8, 4) is 0 Å². The number of aliphatic hydroxyl groups excluding tert-OH is 20. The summed E-state index contributed by atoms with van der Waals surface area (Å²) < 4.78 is 0. The third-order valence-corrected chi connectivity index (χ3v) is 7.35. The zero-order valence-corrected chi connectivity index (χ0v) is 44.1. The van der Waals surface area contributed by atoms with Crippen LogP contribution >= 0.6 is 0 Å². The molecule has 22 nitrogen and oxygen atoms in total. The number of hydrogen-bond acceptors (Lipinski definition) is 21. The van der Waals surface area contributed by atoms with E-state index in [1.807, 2.05) is 0 Å². The molecule has 0 heterocycles. The van der Waals surface area contributed by atoms with E-state index >= 15 is 0 Å². The van der Waals surface area contributed by atoms with Crippen LogP contribution in [0.2, 0.25) is 0 Å². The van der Waals surface area contributed by atoms with Crippen LogP contribution in [-0.4, -0.2) is 235 Å². The van der Waals surface area contributed by atoms with E-state index in [1.54, 1.807) is 138 Å². The smallest absolute Gasteiger partial charge is 0.330 e. The van der Waals surface area contributed by atoms with Gasteiger partial charge in [-0.25, -0.2) is 4.79 Å². The Labute approximate surface area is 397 Å². The zero-order chi connectivity index (χ0) is 56.7. The molecule has 0 aromatic carbocycles. The molecular formula is C44H106O22. The topological polar surface area (TPSA) is 442 Å². The number of carbonyl (C=O) groups is 1. The van der Waals surface area contributed by atoms with Crippen molar-refractivity contribution in [2.24, 2.45) is 0 Å². The summed E-state index contributed by atoms with van der Waals surface area (Å²) in [6.07, 6.45) is -11.9. The first-order chi connectivity index (χ1) is 29.1. The monoisotopic (exact) mass is 987 g/mol. The predicted molar refractivity (Wildman–Crippen MR) is 256 cm³/mol. The number of aliphatic carboxylic acids is 1. The Kier molecular flexibility index (Phi) is 81.9.